The van der Waals surface area contributed by atoms with Gasteiger partial charge in [-0.2, -0.15) is 0 Å². The van der Waals surface area contributed by atoms with Crippen LogP contribution in [0.2, 0.25) is 0 Å². The third kappa shape index (κ3) is 2.90. The molecule has 2 heterocycles. The Morgan fingerprint density at radius 3 is 2.61 bits per heavy atom. The molecule has 0 radical (unpaired) electrons. The molecule has 2 rings (SSSR count). The topological polar surface area (TPSA) is 81.2 Å². The average Bonchev–Trinajstić information content (AvgIpc) is 2.34. The van der Waals surface area contributed by atoms with Crippen LogP contribution in [0, 0.1) is 6.92 Å². The Labute approximate surface area is 107 Å². The molecule has 0 aromatic carbocycles. The number of rotatable bonds is 3. The standard InChI is InChI=1S/C11H17N3O3S/c1-8-10(12-7-13-11(8)17-2)14-9-3-5-18(15,16)6-4-9/h7,9H,3-6H2,1-2H3,(H,12,13,14). The molecule has 6 nitrogen and oxygen atoms in total. The molecular weight excluding hydrogens is 254 g/mol. The van der Waals surface area contributed by atoms with Crippen LogP contribution in [0.1, 0.15) is 18.4 Å². The molecule has 1 aromatic heterocycles. The van der Waals surface area contributed by atoms with Crippen LogP contribution in [0.4, 0.5) is 5.82 Å². The summed E-state index contributed by atoms with van der Waals surface area (Å²) in [5, 5.41) is 3.27. The molecule has 1 aliphatic rings. The second-order valence-corrected chi connectivity index (χ2v) is 6.73. The van der Waals surface area contributed by atoms with E-state index >= 15 is 0 Å². The minimum Gasteiger partial charge on any atom is -0.481 e. The zero-order chi connectivity index (χ0) is 13.2. The van der Waals surface area contributed by atoms with Gasteiger partial charge in [0.25, 0.3) is 0 Å². The lowest BCUT2D eigenvalue weighted by Gasteiger charge is -2.24. The minimum absolute atomic E-state index is 0.145. The molecule has 0 spiro atoms. The van der Waals surface area contributed by atoms with Crippen molar-refractivity contribution in [2.45, 2.75) is 25.8 Å². The van der Waals surface area contributed by atoms with Crippen LogP contribution in [0.3, 0.4) is 0 Å². The SMILES string of the molecule is COc1ncnc(NC2CCS(=O)(=O)CC2)c1C. The second kappa shape index (κ2) is 5.09. The van der Waals surface area contributed by atoms with Crippen molar-refractivity contribution in [3.63, 3.8) is 0 Å². The van der Waals surface area contributed by atoms with Crippen LogP contribution < -0.4 is 10.1 Å². The number of sulfone groups is 1. The molecular formula is C11H17N3O3S. The first-order chi connectivity index (χ1) is 8.52. The monoisotopic (exact) mass is 271 g/mol. The number of nitrogens with one attached hydrogen (secondary N) is 1. The molecule has 7 heteroatoms. The normalized spacial score (nSPS) is 19.4. The van der Waals surface area contributed by atoms with E-state index in [9.17, 15) is 8.42 Å². The van der Waals surface area contributed by atoms with E-state index in [1.165, 1.54) is 6.33 Å². The summed E-state index contributed by atoms with van der Waals surface area (Å²) >= 11 is 0. The first-order valence-corrected chi connectivity index (χ1v) is 7.66. The van der Waals surface area contributed by atoms with E-state index in [4.69, 9.17) is 4.74 Å². The fourth-order valence-corrected chi connectivity index (χ4v) is 3.50. The largest absolute Gasteiger partial charge is 0.481 e. The van der Waals surface area contributed by atoms with Crippen molar-refractivity contribution in [1.82, 2.24) is 9.97 Å². The maximum Gasteiger partial charge on any atom is 0.221 e. The van der Waals surface area contributed by atoms with Crippen LogP contribution >= 0.6 is 0 Å². The van der Waals surface area contributed by atoms with E-state index < -0.39 is 9.84 Å². The Morgan fingerprint density at radius 1 is 1.33 bits per heavy atom. The van der Waals surface area contributed by atoms with E-state index in [1.54, 1.807) is 7.11 Å². The van der Waals surface area contributed by atoms with E-state index in [0.717, 1.165) is 5.56 Å². The van der Waals surface area contributed by atoms with Gasteiger partial charge in [0.15, 0.2) is 0 Å². The van der Waals surface area contributed by atoms with Gasteiger partial charge in [-0.05, 0) is 19.8 Å². The summed E-state index contributed by atoms with van der Waals surface area (Å²) in [5.74, 6) is 1.74. The van der Waals surface area contributed by atoms with Crippen LogP contribution in [0.5, 0.6) is 5.88 Å². The lowest BCUT2D eigenvalue weighted by atomic mass is 10.1. The van der Waals surface area contributed by atoms with Crippen LogP contribution in [-0.4, -0.2) is 43.0 Å². The van der Waals surface area contributed by atoms with Crippen molar-refractivity contribution in [1.29, 1.82) is 0 Å². The molecule has 100 valence electrons. The molecule has 0 unspecified atom stereocenters. The molecule has 1 N–H and O–H groups in total. The molecule has 0 saturated carbocycles. The van der Waals surface area contributed by atoms with Crippen molar-refractivity contribution < 1.29 is 13.2 Å². The van der Waals surface area contributed by atoms with E-state index in [2.05, 4.69) is 15.3 Å². The molecule has 1 saturated heterocycles. The van der Waals surface area contributed by atoms with Gasteiger partial charge in [0.1, 0.15) is 22.0 Å². The lowest BCUT2D eigenvalue weighted by Crippen LogP contribution is -2.32. The van der Waals surface area contributed by atoms with Gasteiger partial charge in [-0.25, -0.2) is 18.4 Å². The highest BCUT2D eigenvalue weighted by atomic mass is 32.2. The fourth-order valence-electron chi connectivity index (χ4n) is 2.01. The lowest BCUT2D eigenvalue weighted by molar-refractivity contribution is 0.393. The average molecular weight is 271 g/mol. The van der Waals surface area contributed by atoms with Gasteiger partial charge < -0.3 is 10.1 Å². The predicted octanol–water partition coefficient (Wildman–Crippen LogP) is 0.783. The number of methoxy groups -OCH3 is 1. The number of hydrogen-bond acceptors (Lipinski definition) is 6. The molecule has 18 heavy (non-hydrogen) atoms. The number of anilines is 1. The van der Waals surface area contributed by atoms with Gasteiger partial charge in [0.05, 0.1) is 24.2 Å². The van der Waals surface area contributed by atoms with Gasteiger partial charge in [0.2, 0.25) is 5.88 Å². The summed E-state index contributed by atoms with van der Waals surface area (Å²) in [6, 6.07) is 0.145. The molecule has 0 bridgehead atoms. The summed E-state index contributed by atoms with van der Waals surface area (Å²) in [5.41, 5.74) is 0.841. The van der Waals surface area contributed by atoms with Crippen molar-refractivity contribution in [3.8, 4) is 5.88 Å². The number of nitrogens with zero attached hydrogens (tertiary/aromatic N) is 2. The number of ether oxygens (including phenoxy) is 1. The van der Waals surface area contributed by atoms with Gasteiger partial charge in [-0.15, -0.1) is 0 Å². The van der Waals surface area contributed by atoms with E-state index in [-0.39, 0.29) is 17.5 Å². The summed E-state index contributed by atoms with van der Waals surface area (Å²) in [6.07, 6.45) is 2.68. The Bertz CT molecular complexity index is 516. The molecule has 0 amide bonds. The molecule has 0 aliphatic carbocycles. The fraction of sp³-hybridized carbons (Fsp3) is 0.636. The number of hydrogen-bond donors (Lipinski definition) is 1. The van der Waals surface area contributed by atoms with Crippen molar-refractivity contribution in [3.05, 3.63) is 11.9 Å². The maximum absolute atomic E-state index is 11.3. The summed E-state index contributed by atoms with van der Waals surface area (Å²) in [6.45, 7) is 1.88. The Balaban J connectivity index is 2.07. The molecule has 0 atom stereocenters. The zero-order valence-electron chi connectivity index (χ0n) is 10.5. The highest BCUT2D eigenvalue weighted by Gasteiger charge is 2.24. The van der Waals surface area contributed by atoms with Gasteiger partial charge in [-0.1, -0.05) is 0 Å². The molecule has 1 fully saturated rings. The smallest absolute Gasteiger partial charge is 0.221 e. The highest BCUT2D eigenvalue weighted by Crippen LogP contribution is 2.23. The van der Waals surface area contributed by atoms with Crippen LogP contribution in [-0.2, 0) is 9.84 Å². The van der Waals surface area contributed by atoms with E-state index in [0.29, 0.717) is 24.5 Å². The third-order valence-electron chi connectivity index (χ3n) is 3.13. The van der Waals surface area contributed by atoms with Crippen LogP contribution in [0.25, 0.3) is 0 Å². The first-order valence-electron chi connectivity index (χ1n) is 5.84. The first kappa shape index (κ1) is 13.1. The van der Waals surface area contributed by atoms with Gasteiger partial charge in [0, 0.05) is 6.04 Å². The van der Waals surface area contributed by atoms with Crippen molar-refractivity contribution in [2.75, 3.05) is 23.9 Å². The molecule has 1 aromatic rings. The minimum atomic E-state index is -2.83. The van der Waals surface area contributed by atoms with Crippen LogP contribution in [0.15, 0.2) is 6.33 Å². The van der Waals surface area contributed by atoms with Gasteiger partial charge in [-0.3, -0.25) is 0 Å². The Kier molecular flexibility index (Phi) is 3.70. The van der Waals surface area contributed by atoms with Gasteiger partial charge >= 0.3 is 0 Å². The molecule has 1 aliphatic heterocycles. The Morgan fingerprint density at radius 2 is 2.00 bits per heavy atom. The zero-order valence-corrected chi connectivity index (χ0v) is 11.3. The predicted molar refractivity (Wildman–Crippen MR) is 68.6 cm³/mol. The third-order valence-corrected chi connectivity index (χ3v) is 4.84. The summed E-state index contributed by atoms with van der Waals surface area (Å²) in [4.78, 5) is 8.17. The quantitative estimate of drug-likeness (QED) is 0.875. The number of aromatic nitrogens is 2. The second-order valence-electron chi connectivity index (χ2n) is 4.43. The summed E-state index contributed by atoms with van der Waals surface area (Å²) < 4.78 is 27.8. The maximum atomic E-state index is 11.3. The van der Waals surface area contributed by atoms with E-state index in [1.807, 2.05) is 6.92 Å². The summed E-state index contributed by atoms with van der Waals surface area (Å²) in [7, 11) is -1.27. The van der Waals surface area contributed by atoms with Crippen molar-refractivity contribution in [2.24, 2.45) is 0 Å². The highest BCUT2D eigenvalue weighted by molar-refractivity contribution is 7.91. The Hall–Kier alpha value is -1.37. The van der Waals surface area contributed by atoms with Crippen molar-refractivity contribution >= 4 is 15.7 Å².